The molecule has 0 spiro atoms. The first-order valence-corrected chi connectivity index (χ1v) is 8.00. The highest BCUT2D eigenvalue weighted by molar-refractivity contribution is 7.98. The zero-order valence-electron chi connectivity index (χ0n) is 12.0. The van der Waals surface area contributed by atoms with E-state index in [1.165, 1.54) is 11.0 Å². The predicted molar refractivity (Wildman–Crippen MR) is 87.9 cm³/mol. The lowest BCUT2D eigenvalue weighted by molar-refractivity contribution is 0.104. The molecule has 22 heavy (non-hydrogen) atoms. The lowest BCUT2D eigenvalue weighted by Crippen LogP contribution is -1.96. The average Bonchev–Trinajstić information content (AvgIpc) is 3.03. The number of fused-ring (bicyclic) bond motifs is 1. The van der Waals surface area contributed by atoms with E-state index in [1.807, 2.05) is 30.5 Å². The maximum atomic E-state index is 12.1. The predicted octanol–water partition coefficient (Wildman–Crippen LogP) is 3.95. The van der Waals surface area contributed by atoms with Gasteiger partial charge in [-0.3, -0.25) is 4.79 Å². The number of hydrogen-bond donors (Lipinski definition) is 1. The molecular formula is C17H15NO3S. The van der Waals surface area contributed by atoms with Gasteiger partial charge in [0.15, 0.2) is 17.3 Å². The van der Waals surface area contributed by atoms with Crippen molar-refractivity contribution < 1.29 is 14.3 Å². The Morgan fingerprint density at radius 2 is 1.91 bits per heavy atom. The Morgan fingerprint density at radius 3 is 2.68 bits per heavy atom. The van der Waals surface area contributed by atoms with Crippen LogP contribution in [-0.2, 0) is 0 Å². The molecule has 0 atom stereocenters. The van der Waals surface area contributed by atoms with Gasteiger partial charge in [-0.15, -0.1) is 11.8 Å². The third-order valence-electron chi connectivity index (χ3n) is 3.23. The van der Waals surface area contributed by atoms with Crippen LogP contribution >= 0.6 is 11.8 Å². The normalized spacial score (nSPS) is 12.6. The molecule has 0 aliphatic carbocycles. The molecule has 0 bridgehead atoms. The summed E-state index contributed by atoms with van der Waals surface area (Å²) < 4.78 is 10.5. The van der Waals surface area contributed by atoms with Gasteiger partial charge >= 0.3 is 0 Å². The average molecular weight is 313 g/mol. The molecule has 3 rings (SSSR count). The highest BCUT2D eigenvalue weighted by Crippen LogP contribution is 2.32. The van der Waals surface area contributed by atoms with E-state index in [-0.39, 0.29) is 12.6 Å². The largest absolute Gasteiger partial charge is 0.454 e. The molecule has 1 aliphatic rings. The summed E-state index contributed by atoms with van der Waals surface area (Å²) in [5.74, 6) is 1.19. The van der Waals surface area contributed by atoms with Crippen LogP contribution in [0.3, 0.4) is 0 Å². The van der Waals surface area contributed by atoms with Crippen LogP contribution < -0.4 is 14.8 Å². The second kappa shape index (κ2) is 6.58. The Balaban J connectivity index is 1.63. The molecule has 0 saturated heterocycles. The second-order valence-electron chi connectivity index (χ2n) is 4.64. The Morgan fingerprint density at radius 1 is 1.14 bits per heavy atom. The second-order valence-corrected chi connectivity index (χ2v) is 5.52. The number of hydrogen-bond acceptors (Lipinski definition) is 5. The quantitative estimate of drug-likeness (QED) is 0.514. The van der Waals surface area contributed by atoms with E-state index in [1.54, 1.807) is 36.2 Å². The van der Waals surface area contributed by atoms with Crippen LogP contribution in [0.25, 0.3) is 0 Å². The van der Waals surface area contributed by atoms with E-state index in [9.17, 15) is 4.79 Å². The summed E-state index contributed by atoms with van der Waals surface area (Å²) in [7, 11) is 0. The van der Waals surface area contributed by atoms with Gasteiger partial charge in [-0.1, -0.05) is 0 Å². The minimum absolute atomic E-state index is 0.0912. The van der Waals surface area contributed by atoms with Crippen LogP contribution in [0.4, 0.5) is 5.69 Å². The van der Waals surface area contributed by atoms with E-state index in [0.29, 0.717) is 17.1 Å². The molecule has 2 aromatic carbocycles. The Bertz CT molecular complexity index is 710. The van der Waals surface area contributed by atoms with E-state index >= 15 is 0 Å². The van der Waals surface area contributed by atoms with E-state index in [0.717, 1.165) is 5.69 Å². The lowest BCUT2D eigenvalue weighted by atomic mass is 10.1. The number of carbonyl (C=O) groups excluding carboxylic acids is 1. The SMILES string of the molecule is CSc1ccc(N/C=C/C(=O)c2ccc3c(c2)OCO3)cc1. The monoisotopic (exact) mass is 313 g/mol. The smallest absolute Gasteiger partial charge is 0.231 e. The molecule has 1 N–H and O–H groups in total. The number of nitrogens with one attached hydrogen (secondary N) is 1. The van der Waals surface area contributed by atoms with Crippen LogP contribution in [0.1, 0.15) is 10.4 Å². The highest BCUT2D eigenvalue weighted by atomic mass is 32.2. The van der Waals surface area contributed by atoms with E-state index in [4.69, 9.17) is 9.47 Å². The van der Waals surface area contributed by atoms with E-state index in [2.05, 4.69) is 5.32 Å². The van der Waals surface area contributed by atoms with Gasteiger partial charge in [0.05, 0.1) is 0 Å². The van der Waals surface area contributed by atoms with Crippen molar-refractivity contribution in [2.75, 3.05) is 18.4 Å². The number of benzene rings is 2. The minimum atomic E-state index is -0.0912. The maximum Gasteiger partial charge on any atom is 0.231 e. The van der Waals surface area contributed by atoms with Gasteiger partial charge in [-0.05, 0) is 48.7 Å². The third kappa shape index (κ3) is 3.26. The molecule has 0 radical (unpaired) electrons. The van der Waals surface area contributed by atoms with Crippen molar-refractivity contribution in [3.05, 3.63) is 60.3 Å². The van der Waals surface area contributed by atoms with E-state index < -0.39 is 0 Å². The fourth-order valence-electron chi connectivity index (χ4n) is 2.05. The Labute approximate surface area is 133 Å². The number of ether oxygens (including phenoxy) is 2. The van der Waals surface area contributed by atoms with Crippen molar-refractivity contribution in [2.24, 2.45) is 0 Å². The summed E-state index contributed by atoms with van der Waals surface area (Å²) in [6.45, 7) is 0.205. The zero-order valence-corrected chi connectivity index (χ0v) is 12.9. The molecule has 5 heteroatoms. The Hall–Kier alpha value is -2.40. The van der Waals surface area contributed by atoms with Gasteiger partial charge in [0, 0.05) is 28.4 Å². The number of rotatable bonds is 5. The van der Waals surface area contributed by atoms with Gasteiger partial charge in [0.25, 0.3) is 0 Å². The first-order chi connectivity index (χ1) is 10.8. The van der Waals surface area contributed by atoms with Crippen molar-refractivity contribution in [3.8, 4) is 11.5 Å². The molecule has 0 amide bonds. The molecule has 2 aromatic rings. The van der Waals surface area contributed by atoms with Crippen LogP contribution in [-0.4, -0.2) is 18.8 Å². The van der Waals surface area contributed by atoms with Gasteiger partial charge < -0.3 is 14.8 Å². The van der Waals surface area contributed by atoms with Crippen LogP contribution in [0.15, 0.2) is 59.6 Å². The molecule has 1 heterocycles. The topological polar surface area (TPSA) is 47.6 Å². The molecular weight excluding hydrogens is 298 g/mol. The number of allylic oxidation sites excluding steroid dienone is 1. The maximum absolute atomic E-state index is 12.1. The van der Waals surface area contributed by atoms with Crippen molar-refractivity contribution in [1.82, 2.24) is 0 Å². The number of ketones is 1. The standard InChI is InChI=1S/C17H15NO3S/c1-22-14-5-3-13(4-6-14)18-9-8-15(19)12-2-7-16-17(10-12)21-11-20-16/h2-10,18H,11H2,1H3/b9-8+. The molecule has 112 valence electrons. The van der Waals surface area contributed by atoms with Gasteiger partial charge in [0.2, 0.25) is 6.79 Å². The van der Waals surface area contributed by atoms with Gasteiger partial charge in [0.1, 0.15) is 0 Å². The summed E-state index contributed by atoms with van der Waals surface area (Å²) in [4.78, 5) is 13.3. The first-order valence-electron chi connectivity index (χ1n) is 6.77. The van der Waals surface area contributed by atoms with Crippen molar-refractivity contribution >= 4 is 23.2 Å². The van der Waals surface area contributed by atoms with Crippen molar-refractivity contribution in [3.63, 3.8) is 0 Å². The summed E-state index contributed by atoms with van der Waals surface area (Å²) in [5, 5.41) is 3.08. The minimum Gasteiger partial charge on any atom is -0.454 e. The molecule has 0 fully saturated rings. The molecule has 1 aliphatic heterocycles. The summed E-state index contributed by atoms with van der Waals surface area (Å²) >= 11 is 1.69. The zero-order chi connectivity index (χ0) is 15.4. The number of carbonyl (C=O) groups is 1. The van der Waals surface area contributed by atoms with Crippen molar-refractivity contribution in [1.29, 1.82) is 0 Å². The van der Waals surface area contributed by atoms with Gasteiger partial charge in [-0.2, -0.15) is 0 Å². The molecule has 0 aromatic heterocycles. The molecule has 0 saturated carbocycles. The lowest BCUT2D eigenvalue weighted by Gasteiger charge is -2.02. The Kier molecular flexibility index (Phi) is 4.34. The van der Waals surface area contributed by atoms with Crippen LogP contribution in [0.5, 0.6) is 11.5 Å². The number of anilines is 1. The number of thioether (sulfide) groups is 1. The highest BCUT2D eigenvalue weighted by Gasteiger charge is 2.14. The fourth-order valence-corrected chi connectivity index (χ4v) is 2.46. The van der Waals surface area contributed by atoms with Crippen molar-refractivity contribution in [2.45, 2.75) is 4.90 Å². The molecule has 0 unspecified atom stereocenters. The summed E-state index contributed by atoms with van der Waals surface area (Å²) in [6, 6.07) is 13.2. The van der Waals surface area contributed by atoms with Crippen LogP contribution in [0, 0.1) is 0 Å². The third-order valence-corrected chi connectivity index (χ3v) is 3.98. The summed E-state index contributed by atoms with van der Waals surface area (Å²) in [5.41, 5.74) is 1.51. The van der Waals surface area contributed by atoms with Crippen LogP contribution in [0.2, 0.25) is 0 Å². The fraction of sp³-hybridized carbons (Fsp3) is 0.118. The first kappa shape index (κ1) is 14.5. The van der Waals surface area contributed by atoms with Gasteiger partial charge in [-0.25, -0.2) is 0 Å². The summed E-state index contributed by atoms with van der Waals surface area (Å²) in [6.07, 6.45) is 5.17. The molecule has 4 nitrogen and oxygen atoms in total.